The van der Waals surface area contributed by atoms with Gasteiger partial charge >= 0.3 is 0 Å². The molecule has 0 amide bonds. The molecule has 0 unspecified atom stereocenters. The van der Waals surface area contributed by atoms with Crippen LogP contribution in [0.15, 0.2) is 16.6 Å². The number of ether oxygens (including phenoxy) is 1. The molecule has 124 valence electrons. The van der Waals surface area contributed by atoms with Crippen molar-refractivity contribution >= 4 is 15.9 Å². The predicted molar refractivity (Wildman–Crippen MR) is 84.8 cm³/mol. The van der Waals surface area contributed by atoms with E-state index in [4.69, 9.17) is 4.74 Å². The van der Waals surface area contributed by atoms with Crippen LogP contribution in [0.4, 0.5) is 8.78 Å². The first-order valence-electron chi connectivity index (χ1n) is 7.41. The van der Waals surface area contributed by atoms with Crippen molar-refractivity contribution in [2.24, 2.45) is 0 Å². The highest BCUT2D eigenvalue weighted by atomic mass is 79.9. The second-order valence-electron chi connectivity index (χ2n) is 5.21. The van der Waals surface area contributed by atoms with Gasteiger partial charge in [0.2, 0.25) is 6.43 Å². The molecule has 2 rings (SSSR count). The van der Waals surface area contributed by atoms with Crippen molar-refractivity contribution in [3.63, 3.8) is 0 Å². The van der Waals surface area contributed by atoms with E-state index in [0.29, 0.717) is 16.8 Å². The quantitative estimate of drug-likeness (QED) is 0.797. The van der Waals surface area contributed by atoms with Gasteiger partial charge < -0.3 is 15.2 Å². The van der Waals surface area contributed by atoms with Crippen molar-refractivity contribution in [3.8, 4) is 11.5 Å². The Labute approximate surface area is 137 Å². The Morgan fingerprint density at radius 3 is 2.64 bits per heavy atom. The molecule has 1 heterocycles. The van der Waals surface area contributed by atoms with Crippen molar-refractivity contribution < 1.29 is 18.6 Å². The van der Waals surface area contributed by atoms with Gasteiger partial charge in [0.25, 0.3) is 0 Å². The monoisotopic (exact) mass is 378 g/mol. The van der Waals surface area contributed by atoms with Gasteiger partial charge in [0.1, 0.15) is 0 Å². The van der Waals surface area contributed by atoms with E-state index in [0.717, 1.165) is 31.7 Å². The van der Waals surface area contributed by atoms with E-state index in [9.17, 15) is 13.9 Å². The van der Waals surface area contributed by atoms with Crippen LogP contribution in [0.25, 0.3) is 0 Å². The number of hydrogen-bond donors (Lipinski definition) is 2. The highest BCUT2D eigenvalue weighted by Crippen LogP contribution is 2.39. The fraction of sp³-hybridized carbons (Fsp3) is 0.600. The number of halogens is 3. The van der Waals surface area contributed by atoms with Crippen LogP contribution in [0.2, 0.25) is 0 Å². The van der Waals surface area contributed by atoms with Gasteiger partial charge in [-0.3, -0.25) is 4.90 Å². The summed E-state index contributed by atoms with van der Waals surface area (Å²) in [5.41, 5.74) is 0.732. The fourth-order valence-corrected chi connectivity index (χ4v) is 3.17. The highest BCUT2D eigenvalue weighted by Gasteiger charge is 2.27. The average molecular weight is 379 g/mol. The van der Waals surface area contributed by atoms with Gasteiger partial charge in [-0.2, -0.15) is 0 Å². The molecular weight excluding hydrogens is 358 g/mol. The van der Waals surface area contributed by atoms with Crippen LogP contribution in [0.5, 0.6) is 11.5 Å². The molecule has 0 saturated carbocycles. The van der Waals surface area contributed by atoms with Gasteiger partial charge in [0, 0.05) is 38.6 Å². The average Bonchev–Trinajstić information content (AvgIpc) is 2.50. The topological polar surface area (TPSA) is 44.7 Å². The maximum Gasteiger partial charge on any atom is 0.240 e. The molecule has 7 heteroatoms. The molecule has 1 aliphatic rings. The SMILES string of the molecule is CCOc1cc([C@H](CC(F)F)N2CCNCC2)cc(Br)c1O. The normalized spacial score (nSPS) is 17.7. The van der Waals surface area contributed by atoms with Crippen molar-refractivity contribution in [2.45, 2.75) is 25.8 Å². The molecule has 0 aliphatic carbocycles. The molecule has 4 nitrogen and oxygen atoms in total. The summed E-state index contributed by atoms with van der Waals surface area (Å²) in [6, 6.07) is 2.98. The van der Waals surface area contributed by atoms with Crippen molar-refractivity contribution in [3.05, 3.63) is 22.2 Å². The molecule has 1 saturated heterocycles. The molecule has 1 atom stereocenters. The lowest BCUT2D eigenvalue weighted by Gasteiger charge is -2.35. The summed E-state index contributed by atoms with van der Waals surface area (Å²) in [6.45, 7) is 5.23. The maximum atomic E-state index is 13.0. The molecule has 2 N–H and O–H groups in total. The van der Waals surface area contributed by atoms with E-state index in [1.54, 1.807) is 12.1 Å². The summed E-state index contributed by atoms with van der Waals surface area (Å²) in [5.74, 6) is 0.322. The largest absolute Gasteiger partial charge is 0.503 e. The maximum absolute atomic E-state index is 13.0. The molecular formula is C15H21BrF2N2O2. The lowest BCUT2D eigenvalue weighted by atomic mass is 10.0. The van der Waals surface area contributed by atoms with Crippen LogP contribution in [0.1, 0.15) is 24.9 Å². The number of nitrogens with zero attached hydrogens (tertiary/aromatic N) is 1. The van der Waals surface area contributed by atoms with Crippen LogP contribution in [-0.2, 0) is 0 Å². The lowest BCUT2D eigenvalue weighted by Crippen LogP contribution is -2.45. The Balaban J connectivity index is 2.33. The van der Waals surface area contributed by atoms with Crippen LogP contribution >= 0.6 is 15.9 Å². The molecule has 22 heavy (non-hydrogen) atoms. The molecule has 1 aliphatic heterocycles. The minimum Gasteiger partial charge on any atom is -0.503 e. The Kier molecular flexibility index (Phi) is 6.40. The third kappa shape index (κ3) is 4.30. The van der Waals surface area contributed by atoms with Gasteiger partial charge in [-0.15, -0.1) is 0 Å². The van der Waals surface area contributed by atoms with Crippen molar-refractivity contribution in [2.75, 3.05) is 32.8 Å². The number of nitrogens with one attached hydrogen (secondary N) is 1. The number of benzene rings is 1. The zero-order valence-electron chi connectivity index (χ0n) is 12.5. The van der Waals surface area contributed by atoms with Gasteiger partial charge in [-0.25, -0.2) is 8.78 Å². The van der Waals surface area contributed by atoms with Crippen LogP contribution in [-0.4, -0.2) is 49.2 Å². The summed E-state index contributed by atoms with van der Waals surface area (Å²) in [5, 5.41) is 13.2. The smallest absolute Gasteiger partial charge is 0.240 e. The minimum absolute atomic E-state index is 0.00158. The summed E-state index contributed by atoms with van der Waals surface area (Å²) >= 11 is 3.28. The Bertz CT molecular complexity index is 497. The second kappa shape index (κ2) is 8.08. The van der Waals surface area contributed by atoms with Gasteiger partial charge in [0.05, 0.1) is 11.1 Å². The molecule has 0 spiro atoms. The first-order valence-corrected chi connectivity index (χ1v) is 8.20. The standard InChI is InChI=1S/C15H21BrF2N2O2/c1-2-22-13-8-10(7-11(16)15(13)21)12(9-14(17)18)20-5-3-19-4-6-20/h7-8,12,14,19,21H,2-6,9H2,1H3/t12-/m0/s1. The predicted octanol–water partition coefficient (Wildman–Crippen LogP) is 3.15. The number of phenols is 1. The van der Waals surface area contributed by atoms with E-state index >= 15 is 0 Å². The number of aromatic hydroxyl groups is 1. The Hall–Kier alpha value is -0.920. The third-order valence-corrected chi connectivity index (χ3v) is 4.33. The summed E-state index contributed by atoms with van der Waals surface area (Å²) in [7, 11) is 0. The van der Waals surface area contributed by atoms with E-state index < -0.39 is 12.5 Å². The number of hydrogen-bond acceptors (Lipinski definition) is 4. The van der Waals surface area contributed by atoms with Crippen LogP contribution in [0, 0.1) is 0 Å². The molecule has 0 aromatic heterocycles. The number of phenolic OH excluding ortho intramolecular Hbond substituents is 1. The van der Waals surface area contributed by atoms with E-state index in [1.807, 2.05) is 6.92 Å². The van der Waals surface area contributed by atoms with E-state index in [2.05, 4.69) is 26.1 Å². The zero-order chi connectivity index (χ0) is 16.1. The molecule has 0 radical (unpaired) electrons. The van der Waals surface area contributed by atoms with Gasteiger partial charge in [-0.1, -0.05) is 0 Å². The van der Waals surface area contributed by atoms with Crippen LogP contribution < -0.4 is 10.1 Å². The van der Waals surface area contributed by atoms with Crippen molar-refractivity contribution in [1.82, 2.24) is 10.2 Å². The molecule has 1 aromatic carbocycles. The van der Waals surface area contributed by atoms with Crippen molar-refractivity contribution in [1.29, 1.82) is 0 Å². The molecule has 1 fully saturated rings. The number of alkyl halides is 2. The fourth-order valence-electron chi connectivity index (χ4n) is 2.71. The van der Waals surface area contributed by atoms with E-state index in [1.165, 1.54) is 0 Å². The van der Waals surface area contributed by atoms with Crippen LogP contribution in [0.3, 0.4) is 0 Å². The Morgan fingerprint density at radius 1 is 1.36 bits per heavy atom. The third-order valence-electron chi connectivity index (χ3n) is 3.73. The number of rotatable bonds is 6. The van der Waals surface area contributed by atoms with Gasteiger partial charge in [0.15, 0.2) is 11.5 Å². The summed E-state index contributed by atoms with van der Waals surface area (Å²) in [4.78, 5) is 2.05. The Morgan fingerprint density at radius 2 is 2.05 bits per heavy atom. The first kappa shape index (κ1) is 17.4. The van der Waals surface area contributed by atoms with E-state index in [-0.39, 0.29) is 12.2 Å². The molecule has 0 bridgehead atoms. The minimum atomic E-state index is -2.39. The second-order valence-corrected chi connectivity index (χ2v) is 6.07. The first-order chi connectivity index (χ1) is 10.5. The molecule has 1 aromatic rings. The summed E-state index contributed by atoms with van der Waals surface area (Å²) in [6.07, 6.45) is -2.62. The zero-order valence-corrected chi connectivity index (χ0v) is 14.1. The van der Waals surface area contributed by atoms with Gasteiger partial charge in [-0.05, 0) is 40.5 Å². The number of piperazine rings is 1. The summed E-state index contributed by atoms with van der Waals surface area (Å²) < 4.78 is 31.9. The highest BCUT2D eigenvalue weighted by molar-refractivity contribution is 9.10. The lowest BCUT2D eigenvalue weighted by molar-refractivity contribution is 0.0737.